The molecule has 1 aliphatic rings. The number of anilines is 1. The van der Waals surface area contributed by atoms with Crippen LogP contribution in [0.15, 0.2) is 6.20 Å². The SMILES string of the molecule is CCN(C(=O)c1cn[nH]c1N)C1CC1. The van der Waals surface area contributed by atoms with Crippen LogP contribution in [0.4, 0.5) is 5.82 Å². The van der Waals surface area contributed by atoms with Gasteiger partial charge in [0.05, 0.1) is 6.20 Å². The van der Waals surface area contributed by atoms with Crippen molar-refractivity contribution in [1.82, 2.24) is 15.1 Å². The summed E-state index contributed by atoms with van der Waals surface area (Å²) in [6, 6.07) is 0.418. The van der Waals surface area contributed by atoms with Gasteiger partial charge in [0, 0.05) is 12.6 Å². The van der Waals surface area contributed by atoms with E-state index in [4.69, 9.17) is 5.73 Å². The molecule has 1 heterocycles. The summed E-state index contributed by atoms with van der Waals surface area (Å²) < 4.78 is 0. The summed E-state index contributed by atoms with van der Waals surface area (Å²) in [4.78, 5) is 13.8. The number of nitrogens with zero attached hydrogens (tertiary/aromatic N) is 2. The third-order valence-corrected chi connectivity index (χ3v) is 2.49. The molecule has 1 aliphatic carbocycles. The van der Waals surface area contributed by atoms with Gasteiger partial charge in [-0.25, -0.2) is 0 Å². The second kappa shape index (κ2) is 3.32. The number of H-pyrrole nitrogens is 1. The maximum absolute atomic E-state index is 11.9. The Labute approximate surface area is 82.3 Å². The molecule has 0 bridgehead atoms. The fourth-order valence-corrected chi connectivity index (χ4v) is 1.58. The highest BCUT2D eigenvalue weighted by Crippen LogP contribution is 2.28. The number of hydrogen-bond acceptors (Lipinski definition) is 3. The molecule has 1 aromatic heterocycles. The van der Waals surface area contributed by atoms with Crippen molar-refractivity contribution in [2.75, 3.05) is 12.3 Å². The van der Waals surface area contributed by atoms with Gasteiger partial charge in [-0.1, -0.05) is 0 Å². The van der Waals surface area contributed by atoms with Crippen LogP contribution in [0.3, 0.4) is 0 Å². The second-order valence-electron chi connectivity index (χ2n) is 3.52. The molecule has 0 spiro atoms. The lowest BCUT2D eigenvalue weighted by Gasteiger charge is -2.19. The Kier molecular flexibility index (Phi) is 2.15. The normalized spacial score (nSPS) is 15.5. The summed E-state index contributed by atoms with van der Waals surface area (Å²) >= 11 is 0. The van der Waals surface area contributed by atoms with Crippen LogP contribution in [0, 0.1) is 0 Å². The van der Waals surface area contributed by atoms with E-state index in [1.165, 1.54) is 6.20 Å². The molecule has 1 fully saturated rings. The molecule has 5 nitrogen and oxygen atoms in total. The Bertz CT molecular complexity index is 342. The molecule has 76 valence electrons. The number of carbonyl (C=O) groups is 1. The molecule has 1 saturated carbocycles. The lowest BCUT2D eigenvalue weighted by Crippen LogP contribution is -2.33. The smallest absolute Gasteiger partial charge is 0.259 e. The van der Waals surface area contributed by atoms with Crippen molar-refractivity contribution in [1.29, 1.82) is 0 Å². The van der Waals surface area contributed by atoms with Gasteiger partial charge in [0.25, 0.3) is 5.91 Å². The van der Waals surface area contributed by atoms with E-state index in [9.17, 15) is 4.79 Å². The quantitative estimate of drug-likeness (QED) is 0.740. The van der Waals surface area contributed by atoms with E-state index in [1.54, 1.807) is 0 Å². The monoisotopic (exact) mass is 194 g/mol. The van der Waals surface area contributed by atoms with Crippen LogP contribution >= 0.6 is 0 Å². The Morgan fingerprint density at radius 3 is 2.93 bits per heavy atom. The number of aromatic amines is 1. The minimum Gasteiger partial charge on any atom is -0.383 e. The molecule has 1 aromatic rings. The molecule has 1 amide bonds. The van der Waals surface area contributed by atoms with Crippen molar-refractivity contribution in [3.63, 3.8) is 0 Å². The van der Waals surface area contributed by atoms with Gasteiger partial charge in [-0.3, -0.25) is 9.89 Å². The maximum atomic E-state index is 11.9. The first-order valence-corrected chi connectivity index (χ1v) is 4.83. The summed E-state index contributed by atoms with van der Waals surface area (Å²) in [6.07, 6.45) is 3.71. The summed E-state index contributed by atoms with van der Waals surface area (Å²) in [5, 5.41) is 6.31. The number of hydrogen-bond donors (Lipinski definition) is 2. The molecular formula is C9H14N4O. The number of aromatic nitrogens is 2. The number of carbonyl (C=O) groups excluding carboxylic acids is 1. The standard InChI is InChI=1S/C9H14N4O/c1-2-13(6-3-4-6)9(14)7-5-11-12-8(7)10/h5-6H,2-4H2,1H3,(H3,10,11,12). The first kappa shape index (κ1) is 9.05. The molecule has 0 aliphatic heterocycles. The van der Waals surface area contributed by atoms with Crippen molar-refractivity contribution in [2.24, 2.45) is 0 Å². The van der Waals surface area contributed by atoms with Crippen LogP contribution in [-0.2, 0) is 0 Å². The van der Waals surface area contributed by atoms with Crippen molar-refractivity contribution in [3.05, 3.63) is 11.8 Å². The highest BCUT2D eigenvalue weighted by Gasteiger charge is 2.32. The molecular weight excluding hydrogens is 180 g/mol. The van der Waals surface area contributed by atoms with E-state index in [0.29, 0.717) is 17.4 Å². The minimum absolute atomic E-state index is 0.0127. The van der Waals surface area contributed by atoms with Crippen LogP contribution in [0.2, 0.25) is 0 Å². The van der Waals surface area contributed by atoms with E-state index in [2.05, 4.69) is 10.2 Å². The molecule has 2 rings (SSSR count). The molecule has 3 N–H and O–H groups in total. The summed E-state index contributed by atoms with van der Waals surface area (Å²) in [6.45, 7) is 2.71. The van der Waals surface area contributed by atoms with Crippen LogP contribution in [0.5, 0.6) is 0 Å². The zero-order valence-electron chi connectivity index (χ0n) is 8.16. The average Bonchev–Trinajstić information content (AvgIpc) is 2.90. The Hall–Kier alpha value is -1.52. The Morgan fingerprint density at radius 1 is 1.79 bits per heavy atom. The van der Waals surface area contributed by atoms with Gasteiger partial charge in [-0.05, 0) is 19.8 Å². The van der Waals surface area contributed by atoms with Crippen molar-refractivity contribution in [2.45, 2.75) is 25.8 Å². The Morgan fingerprint density at radius 2 is 2.50 bits per heavy atom. The number of amides is 1. The zero-order valence-corrected chi connectivity index (χ0v) is 8.16. The van der Waals surface area contributed by atoms with Gasteiger partial charge in [-0.2, -0.15) is 5.10 Å². The van der Waals surface area contributed by atoms with Crippen LogP contribution < -0.4 is 5.73 Å². The first-order chi connectivity index (χ1) is 6.74. The topological polar surface area (TPSA) is 75.0 Å². The maximum Gasteiger partial charge on any atom is 0.259 e. The van der Waals surface area contributed by atoms with Gasteiger partial charge in [0.15, 0.2) is 0 Å². The minimum atomic E-state index is -0.0127. The predicted molar refractivity (Wildman–Crippen MR) is 52.7 cm³/mol. The van der Waals surface area contributed by atoms with Gasteiger partial charge < -0.3 is 10.6 Å². The molecule has 0 atom stereocenters. The van der Waals surface area contributed by atoms with Crippen LogP contribution in [-0.4, -0.2) is 33.6 Å². The van der Waals surface area contributed by atoms with Crippen molar-refractivity contribution in [3.8, 4) is 0 Å². The lowest BCUT2D eigenvalue weighted by atomic mass is 10.2. The molecule has 0 radical (unpaired) electrons. The van der Waals surface area contributed by atoms with E-state index < -0.39 is 0 Å². The molecule has 0 unspecified atom stereocenters. The van der Waals surface area contributed by atoms with Gasteiger partial charge in [0.2, 0.25) is 0 Å². The lowest BCUT2D eigenvalue weighted by molar-refractivity contribution is 0.0753. The number of nitrogens with two attached hydrogens (primary N) is 1. The highest BCUT2D eigenvalue weighted by molar-refractivity contribution is 5.98. The van der Waals surface area contributed by atoms with Crippen molar-refractivity contribution >= 4 is 11.7 Å². The Balaban J connectivity index is 2.17. The highest BCUT2D eigenvalue weighted by atomic mass is 16.2. The molecule has 5 heteroatoms. The van der Waals surface area contributed by atoms with E-state index in [-0.39, 0.29) is 5.91 Å². The van der Waals surface area contributed by atoms with Gasteiger partial charge in [0.1, 0.15) is 11.4 Å². The first-order valence-electron chi connectivity index (χ1n) is 4.83. The third-order valence-electron chi connectivity index (χ3n) is 2.49. The summed E-state index contributed by atoms with van der Waals surface area (Å²) in [5.41, 5.74) is 6.07. The number of nitrogen functional groups attached to an aromatic ring is 1. The van der Waals surface area contributed by atoms with Gasteiger partial charge in [-0.15, -0.1) is 0 Å². The van der Waals surface area contributed by atoms with Crippen LogP contribution in [0.25, 0.3) is 0 Å². The fraction of sp³-hybridized carbons (Fsp3) is 0.556. The summed E-state index contributed by atoms with van der Waals surface area (Å²) in [5.74, 6) is 0.343. The number of nitrogens with one attached hydrogen (secondary N) is 1. The molecule has 0 aromatic carbocycles. The largest absolute Gasteiger partial charge is 0.383 e. The molecule has 14 heavy (non-hydrogen) atoms. The average molecular weight is 194 g/mol. The van der Waals surface area contributed by atoms with Crippen LogP contribution in [0.1, 0.15) is 30.1 Å². The van der Waals surface area contributed by atoms with Gasteiger partial charge >= 0.3 is 0 Å². The summed E-state index contributed by atoms with van der Waals surface area (Å²) in [7, 11) is 0. The van der Waals surface area contributed by atoms with E-state index in [1.807, 2.05) is 11.8 Å². The fourth-order valence-electron chi connectivity index (χ4n) is 1.58. The van der Waals surface area contributed by atoms with E-state index in [0.717, 1.165) is 19.4 Å². The second-order valence-corrected chi connectivity index (χ2v) is 3.52. The third kappa shape index (κ3) is 1.45. The molecule has 0 saturated heterocycles. The predicted octanol–water partition coefficient (Wildman–Crippen LogP) is 0.616. The number of rotatable bonds is 3. The van der Waals surface area contributed by atoms with E-state index >= 15 is 0 Å². The zero-order chi connectivity index (χ0) is 10.1. The van der Waals surface area contributed by atoms with Crippen molar-refractivity contribution < 1.29 is 4.79 Å².